The largest absolute Gasteiger partial charge is 0.346 e. The maximum atomic E-state index is 12.0. The minimum Gasteiger partial charge on any atom is -0.346 e. The summed E-state index contributed by atoms with van der Waals surface area (Å²) in [5.41, 5.74) is 6.83. The van der Waals surface area contributed by atoms with Gasteiger partial charge in [0.25, 0.3) is 0 Å². The summed E-state index contributed by atoms with van der Waals surface area (Å²) < 4.78 is 5.24. The van der Waals surface area contributed by atoms with Gasteiger partial charge in [-0.15, -0.1) is 12.4 Å². The number of amides is 1. The predicted molar refractivity (Wildman–Crippen MR) is 90.2 cm³/mol. The third kappa shape index (κ3) is 5.33. The molecule has 2 rings (SSSR count). The minimum atomic E-state index is -0.318. The highest BCUT2D eigenvalue weighted by Gasteiger charge is 2.21. The minimum absolute atomic E-state index is 0. The zero-order valence-corrected chi connectivity index (χ0v) is 14.3. The Kier molecular flexibility index (Phi) is 7.19. The van der Waals surface area contributed by atoms with Crippen LogP contribution in [0.3, 0.4) is 0 Å². The molecular weight excluding hydrogens is 316 g/mol. The van der Waals surface area contributed by atoms with E-state index in [0.717, 1.165) is 5.56 Å². The molecule has 3 N–H and O–H groups in total. The fourth-order valence-corrected chi connectivity index (χ4v) is 1.93. The molecule has 0 saturated heterocycles. The Balaban J connectivity index is 0.00000264. The van der Waals surface area contributed by atoms with Gasteiger partial charge in [-0.25, -0.2) is 0 Å². The predicted octanol–water partition coefficient (Wildman–Crippen LogP) is 2.24. The molecule has 1 amide bonds. The number of nitrogens with one attached hydrogen (secondary N) is 1. The highest BCUT2D eigenvalue weighted by molar-refractivity contribution is 5.85. The summed E-state index contributed by atoms with van der Waals surface area (Å²) in [5.74, 6) is 0.619. The zero-order chi connectivity index (χ0) is 16.1. The number of nitrogens with two attached hydrogens (primary N) is 1. The van der Waals surface area contributed by atoms with Gasteiger partial charge >= 0.3 is 0 Å². The summed E-state index contributed by atoms with van der Waals surface area (Å²) in [7, 11) is 0. The molecule has 0 aliphatic carbocycles. The number of carbonyl (C=O) groups is 1. The highest BCUT2D eigenvalue weighted by Crippen LogP contribution is 2.13. The lowest BCUT2D eigenvalue weighted by Gasteiger charge is -2.17. The van der Waals surface area contributed by atoms with Crippen LogP contribution in [0, 0.1) is 5.92 Å². The standard InChI is InChI=1S/C16H22N4O2.ClH/c1-10(11(2)17)16(21)18-12(3)15-19-14(22-20-15)9-13-7-5-4-6-8-13;/h4-8,10-12H,9,17H2,1-3H3,(H,18,21);1H. The normalized spacial score (nSPS) is 14.4. The van der Waals surface area contributed by atoms with E-state index >= 15 is 0 Å². The number of halogens is 1. The maximum Gasteiger partial charge on any atom is 0.231 e. The average Bonchev–Trinajstić information content (AvgIpc) is 2.96. The molecule has 0 radical (unpaired) electrons. The van der Waals surface area contributed by atoms with Crippen LogP contribution >= 0.6 is 12.4 Å². The van der Waals surface area contributed by atoms with Crippen molar-refractivity contribution in [1.29, 1.82) is 0 Å². The van der Waals surface area contributed by atoms with E-state index in [2.05, 4.69) is 15.5 Å². The Hall–Kier alpha value is -1.92. The van der Waals surface area contributed by atoms with E-state index < -0.39 is 0 Å². The van der Waals surface area contributed by atoms with Gasteiger partial charge in [-0.2, -0.15) is 4.98 Å². The van der Waals surface area contributed by atoms with Gasteiger partial charge in [-0.3, -0.25) is 4.79 Å². The van der Waals surface area contributed by atoms with E-state index in [4.69, 9.17) is 10.3 Å². The molecule has 0 spiro atoms. The molecule has 1 aromatic carbocycles. The second-order valence-corrected chi connectivity index (χ2v) is 5.59. The first kappa shape index (κ1) is 19.1. The molecule has 0 fully saturated rings. The molecule has 0 aliphatic rings. The maximum absolute atomic E-state index is 12.0. The van der Waals surface area contributed by atoms with Gasteiger partial charge in [-0.1, -0.05) is 42.4 Å². The van der Waals surface area contributed by atoms with E-state index in [1.165, 1.54) is 0 Å². The topological polar surface area (TPSA) is 94.0 Å². The summed E-state index contributed by atoms with van der Waals surface area (Å²) in [4.78, 5) is 16.3. The van der Waals surface area contributed by atoms with Gasteiger partial charge in [0.15, 0.2) is 5.82 Å². The van der Waals surface area contributed by atoms with Gasteiger partial charge in [0.2, 0.25) is 11.8 Å². The van der Waals surface area contributed by atoms with Gasteiger partial charge < -0.3 is 15.6 Å². The van der Waals surface area contributed by atoms with Crippen molar-refractivity contribution in [3.8, 4) is 0 Å². The monoisotopic (exact) mass is 338 g/mol. The zero-order valence-electron chi connectivity index (χ0n) is 13.5. The van der Waals surface area contributed by atoms with Crippen molar-refractivity contribution in [2.45, 2.75) is 39.3 Å². The molecule has 1 aromatic heterocycles. The van der Waals surface area contributed by atoms with Crippen LogP contribution in [0.4, 0.5) is 0 Å². The number of carbonyl (C=O) groups excluding carboxylic acids is 1. The smallest absolute Gasteiger partial charge is 0.231 e. The number of hydrogen-bond donors (Lipinski definition) is 2. The second-order valence-electron chi connectivity index (χ2n) is 5.59. The molecule has 6 nitrogen and oxygen atoms in total. The molecule has 0 saturated carbocycles. The summed E-state index contributed by atoms with van der Waals surface area (Å²) in [5, 5.41) is 6.79. The van der Waals surface area contributed by atoms with Crippen molar-refractivity contribution in [3.63, 3.8) is 0 Å². The number of aromatic nitrogens is 2. The van der Waals surface area contributed by atoms with Crippen LogP contribution in [0.5, 0.6) is 0 Å². The molecule has 0 bridgehead atoms. The molecule has 1 heterocycles. The Morgan fingerprint density at radius 3 is 2.52 bits per heavy atom. The lowest BCUT2D eigenvalue weighted by Crippen LogP contribution is -2.39. The summed E-state index contributed by atoms with van der Waals surface area (Å²) in [6.07, 6.45) is 0.574. The van der Waals surface area contributed by atoms with Crippen molar-refractivity contribution in [3.05, 3.63) is 47.6 Å². The Labute approximate surface area is 142 Å². The van der Waals surface area contributed by atoms with Crippen LogP contribution in [0.2, 0.25) is 0 Å². The van der Waals surface area contributed by atoms with Gasteiger partial charge in [-0.05, 0) is 19.4 Å². The molecule has 2 aromatic rings. The fourth-order valence-electron chi connectivity index (χ4n) is 1.93. The number of benzene rings is 1. The summed E-state index contributed by atoms with van der Waals surface area (Å²) in [6.45, 7) is 5.42. The first-order valence-corrected chi connectivity index (χ1v) is 7.39. The molecule has 3 atom stereocenters. The van der Waals surface area contributed by atoms with Crippen LogP contribution < -0.4 is 11.1 Å². The first-order chi connectivity index (χ1) is 10.5. The van der Waals surface area contributed by atoms with Crippen molar-refractivity contribution >= 4 is 18.3 Å². The lowest BCUT2D eigenvalue weighted by molar-refractivity contribution is -0.125. The van der Waals surface area contributed by atoms with Crippen molar-refractivity contribution in [1.82, 2.24) is 15.5 Å². The average molecular weight is 339 g/mol. The molecule has 23 heavy (non-hydrogen) atoms. The molecule has 3 unspecified atom stereocenters. The van der Waals surface area contributed by atoms with Gasteiger partial charge in [0.05, 0.1) is 12.5 Å². The van der Waals surface area contributed by atoms with E-state index in [9.17, 15) is 4.79 Å². The van der Waals surface area contributed by atoms with E-state index in [-0.39, 0.29) is 36.3 Å². The van der Waals surface area contributed by atoms with Crippen LogP contribution in [-0.2, 0) is 11.2 Å². The molecule has 7 heteroatoms. The van der Waals surface area contributed by atoms with E-state index in [1.807, 2.05) is 37.3 Å². The first-order valence-electron chi connectivity index (χ1n) is 7.39. The van der Waals surface area contributed by atoms with Crippen LogP contribution in [0.25, 0.3) is 0 Å². The van der Waals surface area contributed by atoms with E-state index in [1.54, 1.807) is 13.8 Å². The van der Waals surface area contributed by atoms with Crippen LogP contribution in [-0.4, -0.2) is 22.1 Å². The van der Waals surface area contributed by atoms with Crippen LogP contribution in [0.15, 0.2) is 34.9 Å². The number of hydrogen-bond acceptors (Lipinski definition) is 5. The van der Waals surface area contributed by atoms with Crippen molar-refractivity contribution in [2.24, 2.45) is 11.7 Å². The Morgan fingerprint density at radius 1 is 1.26 bits per heavy atom. The number of nitrogens with zero attached hydrogens (tertiary/aromatic N) is 2. The third-order valence-corrected chi connectivity index (χ3v) is 3.63. The summed E-state index contributed by atoms with van der Waals surface area (Å²) >= 11 is 0. The Bertz CT molecular complexity index is 616. The molecular formula is C16H23ClN4O2. The fraction of sp³-hybridized carbons (Fsp3) is 0.438. The van der Waals surface area contributed by atoms with Crippen LogP contribution in [0.1, 0.15) is 44.1 Å². The van der Waals surface area contributed by atoms with E-state index in [0.29, 0.717) is 18.1 Å². The summed E-state index contributed by atoms with van der Waals surface area (Å²) in [6, 6.07) is 9.36. The van der Waals surface area contributed by atoms with Crippen molar-refractivity contribution < 1.29 is 9.32 Å². The number of rotatable bonds is 6. The molecule has 0 aliphatic heterocycles. The lowest BCUT2D eigenvalue weighted by atomic mass is 10.0. The highest BCUT2D eigenvalue weighted by atomic mass is 35.5. The third-order valence-electron chi connectivity index (χ3n) is 3.63. The Morgan fingerprint density at radius 2 is 1.91 bits per heavy atom. The second kappa shape index (κ2) is 8.64. The van der Waals surface area contributed by atoms with Gasteiger partial charge in [0.1, 0.15) is 0 Å². The molecule has 126 valence electrons. The van der Waals surface area contributed by atoms with Gasteiger partial charge in [0, 0.05) is 12.0 Å². The SMILES string of the molecule is CC(NC(=O)C(C)C(C)N)c1noc(Cc2ccccc2)n1.Cl. The van der Waals surface area contributed by atoms with Crippen molar-refractivity contribution in [2.75, 3.05) is 0 Å². The quantitative estimate of drug-likeness (QED) is 0.842.